The second kappa shape index (κ2) is 5.07. The van der Waals surface area contributed by atoms with Crippen molar-refractivity contribution in [3.8, 4) is 5.75 Å². The van der Waals surface area contributed by atoms with Gasteiger partial charge in [0.05, 0.1) is 10.6 Å². The summed E-state index contributed by atoms with van der Waals surface area (Å²) in [4.78, 5) is 0.293. The van der Waals surface area contributed by atoms with Gasteiger partial charge in [-0.3, -0.25) is 4.31 Å². The van der Waals surface area contributed by atoms with Crippen LogP contribution < -0.4 is 4.31 Å². The average Bonchev–Trinajstić information content (AvgIpc) is 2.47. The zero-order valence-corrected chi connectivity index (χ0v) is 12.6. The van der Waals surface area contributed by atoms with Crippen molar-refractivity contribution in [2.45, 2.75) is 24.7 Å². The molecule has 110 valence electrons. The van der Waals surface area contributed by atoms with E-state index in [1.807, 2.05) is 12.1 Å². The third-order valence-corrected chi connectivity index (χ3v) is 5.78. The summed E-state index contributed by atoms with van der Waals surface area (Å²) in [5.41, 5.74) is 2.01. The van der Waals surface area contributed by atoms with Crippen LogP contribution in [0.4, 0.5) is 5.69 Å². The molecule has 0 saturated heterocycles. The topological polar surface area (TPSA) is 57.6 Å². The van der Waals surface area contributed by atoms with E-state index in [1.54, 1.807) is 31.2 Å². The number of nitrogens with zero attached hydrogens (tertiary/aromatic N) is 1. The first-order chi connectivity index (χ1) is 10.0. The number of hydrogen-bond donors (Lipinski definition) is 1. The largest absolute Gasteiger partial charge is 0.506 e. The normalized spacial score (nSPS) is 14.8. The third kappa shape index (κ3) is 2.27. The molecule has 0 spiro atoms. The number of anilines is 1. The van der Waals surface area contributed by atoms with Crippen molar-refractivity contribution >= 4 is 15.7 Å². The Hall–Kier alpha value is -2.01. The number of phenolic OH excluding ortho intramolecular Hbond substituents is 1. The smallest absolute Gasteiger partial charge is 0.264 e. The second-order valence-corrected chi connectivity index (χ2v) is 7.06. The number of aromatic hydroxyl groups is 1. The quantitative estimate of drug-likeness (QED) is 0.928. The second-order valence-electron chi connectivity index (χ2n) is 5.23. The molecule has 1 aliphatic heterocycles. The molecule has 2 aromatic rings. The highest BCUT2D eigenvalue weighted by Crippen LogP contribution is 2.38. The van der Waals surface area contributed by atoms with E-state index in [4.69, 9.17) is 0 Å². The summed E-state index contributed by atoms with van der Waals surface area (Å²) in [5.74, 6) is 0.0179. The summed E-state index contributed by atoms with van der Waals surface area (Å²) in [6.45, 7) is 2.17. The van der Waals surface area contributed by atoms with Crippen LogP contribution in [0.2, 0.25) is 0 Å². The lowest BCUT2D eigenvalue weighted by molar-refractivity contribution is 0.472. The Kier molecular flexibility index (Phi) is 3.37. The molecule has 0 radical (unpaired) electrons. The molecule has 2 aromatic carbocycles. The van der Waals surface area contributed by atoms with Gasteiger partial charge in [-0.2, -0.15) is 0 Å². The van der Waals surface area contributed by atoms with Crippen molar-refractivity contribution in [1.29, 1.82) is 0 Å². The minimum Gasteiger partial charge on any atom is -0.506 e. The highest BCUT2D eigenvalue weighted by atomic mass is 32.2. The maximum absolute atomic E-state index is 12.9. The van der Waals surface area contributed by atoms with E-state index in [0.717, 1.165) is 18.4 Å². The highest BCUT2D eigenvalue weighted by Gasteiger charge is 2.31. The van der Waals surface area contributed by atoms with E-state index < -0.39 is 10.0 Å². The summed E-state index contributed by atoms with van der Waals surface area (Å²) in [6.07, 6.45) is 1.53. The minimum atomic E-state index is -3.66. The molecule has 1 N–H and O–H groups in total. The lowest BCUT2D eigenvalue weighted by Crippen LogP contribution is -2.35. The van der Waals surface area contributed by atoms with Gasteiger partial charge in [-0.05, 0) is 43.0 Å². The standard InChI is InChI=1S/C16H17NO3S/c1-12-6-2-3-10-15(12)21(19,20)17-11-5-8-13-7-4-9-14(18)16(13)17/h2-4,6-7,9-10,18H,5,8,11H2,1H3. The van der Waals surface area contributed by atoms with Gasteiger partial charge >= 0.3 is 0 Å². The Labute approximate surface area is 124 Å². The lowest BCUT2D eigenvalue weighted by Gasteiger charge is -2.31. The van der Waals surface area contributed by atoms with Crippen LogP contribution in [0.15, 0.2) is 47.4 Å². The summed E-state index contributed by atoms with van der Waals surface area (Å²) in [6, 6.07) is 12.1. The van der Waals surface area contributed by atoms with Crippen molar-refractivity contribution in [2.75, 3.05) is 10.8 Å². The highest BCUT2D eigenvalue weighted by molar-refractivity contribution is 7.92. The van der Waals surface area contributed by atoms with Gasteiger partial charge in [0.25, 0.3) is 10.0 Å². The molecule has 21 heavy (non-hydrogen) atoms. The fraction of sp³-hybridized carbons (Fsp3) is 0.250. The number of hydrogen-bond acceptors (Lipinski definition) is 3. The van der Waals surface area contributed by atoms with Crippen LogP contribution in [0.5, 0.6) is 5.75 Å². The van der Waals surface area contributed by atoms with Gasteiger partial charge in [0.2, 0.25) is 0 Å². The van der Waals surface area contributed by atoms with Crippen LogP contribution in [0.1, 0.15) is 17.5 Å². The van der Waals surface area contributed by atoms with Gasteiger partial charge in [-0.15, -0.1) is 0 Å². The summed E-state index contributed by atoms with van der Waals surface area (Å²) in [5, 5.41) is 10.1. The summed E-state index contributed by atoms with van der Waals surface area (Å²) >= 11 is 0. The van der Waals surface area contributed by atoms with Crippen molar-refractivity contribution in [3.63, 3.8) is 0 Å². The van der Waals surface area contributed by atoms with E-state index >= 15 is 0 Å². The number of fused-ring (bicyclic) bond motifs is 1. The Morgan fingerprint density at radius 3 is 2.62 bits per heavy atom. The van der Waals surface area contributed by atoms with E-state index in [9.17, 15) is 13.5 Å². The minimum absolute atomic E-state index is 0.0179. The molecule has 3 rings (SSSR count). The van der Waals surface area contributed by atoms with Crippen LogP contribution in [0, 0.1) is 6.92 Å². The van der Waals surface area contributed by atoms with Gasteiger partial charge in [0.15, 0.2) is 0 Å². The first-order valence-electron chi connectivity index (χ1n) is 6.91. The molecule has 0 bridgehead atoms. The van der Waals surface area contributed by atoms with Crippen molar-refractivity contribution < 1.29 is 13.5 Å². The van der Waals surface area contributed by atoms with E-state index in [2.05, 4.69) is 0 Å². The Bertz CT molecular complexity index is 784. The fourth-order valence-corrected chi connectivity index (χ4v) is 4.58. The van der Waals surface area contributed by atoms with Gasteiger partial charge in [0, 0.05) is 6.54 Å². The van der Waals surface area contributed by atoms with Gasteiger partial charge < -0.3 is 5.11 Å². The van der Waals surface area contributed by atoms with Gasteiger partial charge in [-0.1, -0.05) is 30.3 Å². The summed E-state index contributed by atoms with van der Waals surface area (Å²) < 4.78 is 27.2. The molecule has 0 atom stereocenters. The number of para-hydroxylation sites is 1. The van der Waals surface area contributed by atoms with E-state index in [0.29, 0.717) is 22.7 Å². The Morgan fingerprint density at radius 1 is 1.10 bits per heavy atom. The van der Waals surface area contributed by atoms with Crippen LogP contribution in [0.3, 0.4) is 0 Å². The molecule has 4 nitrogen and oxygen atoms in total. The predicted molar refractivity (Wildman–Crippen MR) is 82.1 cm³/mol. The molecule has 0 aromatic heterocycles. The van der Waals surface area contributed by atoms with Gasteiger partial charge in [0.1, 0.15) is 5.75 Å². The maximum Gasteiger partial charge on any atom is 0.264 e. The molecule has 5 heteroatoms. The number of aryl methyl sites for hydroxylation is 2. The molecule has 0 aliphatic carbocycles. The van der Waals surface area contributed by atoms with Gasteiger partial charge in [-0.25, -0.2) is 8.42 Å². The zero-order valence-electron chi connectivity index (χ0n) is 11.8. The average molecular weight is 303 g/mol. The van der Waals surface area contributed by atoms with E-state index in [1.165, 1.54) is 10.4 Å². The fourth-order valence-electron chi connectivity index (χ4n) is 2.80. The SMILES string of the molecule is Cc1ccccc1S(=O)(=O)N1CCCc2cccc(O)c21. The zero-order chi connectivity index (χ0) is 15.0. The van der Waals surface area contributed by atoms with Crippen molar-refractivity contribution in [2.24, 2.45) is 0 Å². The number of benzene rings is 2. The van der Waals surface area contributed by atoms with Crippen LogP contribution in [-0.2, 0) is 16.4 Å². The van der Waals surface area contributed by atoms with E-state index in [-0.39, 0.29) is 5.75 Å². The number of phenols is 1. The van der Waals surface area contributed by atoms with Crippen molar-refractivity contribution in [1.82, 2.24) is 0 Å². The number of sulfonamides is 1. The molecular weight excluding hydrogens is 286 g/mol. The Morgan fingerprint density at radius 2 is 1.86 bits per heavy atom. The summed E-state index contributed by atoms with van der Waals surface area (Å²) in [7, 11) is -3.66. The Balaban J connectivity index is 2.17. The first-order valence-corrected chi connectivity index (χ1v) is 8.35. The van der Waals surface area contributed by atoms with Crippen molar-refractivity contribution in [3.05, 3.63) is 53.6 Å². The molecule has 1 aliphatic rings. The molecule has 0 saturated carbocycles. The first kappa shape index (κ1) is 13.9. The number of rotatable bonds is 2. The van der Waals surface area contributed by atoms with Crippen LogP contribution >= 0.6 is 0 Å². The van der Waals surface area contributed by atoms with Crippen LogP contribution in [-0.4, -0.2) is 20.1 Å². The lowest BCUT2D eigenvalue weighted by atomic mass is 10.0. The molecular formula is C16H17NO3S. The monoisotopic (exact) mass is 303 g/mol. The third-order valence-electron chi connectivity index (χ3n) is 3.82. The maximum atomic E-state index is 12.9. The molecule has 0 amide bonds. The molecule has 1 heterocycles. The van der Waals surface area contributed by atoms with Crippen LogP contribution in [0.25, 0.3) is 0 Å². The molecule has 0 unspecified atom stereocenters. The predicted octanol–water partition coefficient (Wildman–Crippen LogP) is 2.84. The molecule has 0 fully saturated rings.